The number of hydrogen-bond donors (Lipinski definition) is 2. The van der Waals surface area contributed by atoms with Gasteiger partial charge in [0, 0.05) is 12.8 Å². The van der Waals surface area contributed by atoms with Crippen molar-refractivity contribution in [3.63, 3.8) is 0 Å². The lowest BCUT2D eigenvalue weighted by molar-refractivity contribution is 0.118. The molecule has 0 spiro atoms. The Hall–Kier alpha value is -2.61. The fraction of sp³-hybridized carbons (Fsp3) is 0.400. The van der Waals surface area contributed by atoms with E-state index in [9.17, 15) is 14.7 Å². The van der Waals surface area contributed by atoms with E-state index in [1.54, 1.807) is 12.1 Å². The van der Waals surface area contributed by atoms with Crippen molar-refractivity contribution >= 4 is 6.21 Å². The molecule has 2 aromatic heterocycles. The van der Waals surface area contributed by atoms with Gasteiger partial charge in [0.15, 0.2) is 0 Å². The zero-order valence-electron chi connectivity index (χ0n) is 12.4. The molecule has 0 radical (unpaired) electrons. The molecular weight excluding hydrogens is 302 g/mol. The molecule has 23 heavy (non-hydrogen) atoms. The first-order valence-electron chi connectivity index (χ1n) is 7.35. The van der Waals surface area contributed by atoms with Crippen LogP contribution in [0.5, 0.6) is 5.88 Å². The Balaban J connectivity index is 1.85. The van der Waals surface area contributed by atoms with Gasteiger partial charge in [0.25, 0.3) is 5.56 Å². The summed E-state index contributed by atoms with van der Waals surface area (Å²) in [5, 5.41) is 10.2. The maximum atomic E-state index is 11.9. The fourth-order valence-corrected chi connectivity index (χ4v) is 2.45. The van der Waals surface area contributed by atoms with E-state index in [2.05, 4.69) is 9.98 Å². The van der Waals surface area contributed by atoms with Crippen molar-refractivity contribution in [3.05, 3.63) is 50.6 Å². The highest BCUT2D eigenvalue weighted by atomic mass is 16.5. The number of H-pyrrole nitrogens is 1. The van der Waals surface area contributed by atoms with Crippen LogP contribution < -0.4 is 11.2 Å². The highest BCUT2D eigenvalue weighted by Crippen LogP contribution is 2.13. The number of aliphatic imine (C=N–C) groups is 1. The minimum absolute atomic E-state index is 0.0149. The lowest BCUT2D eigenvalue weighted by Crippen LogP contribution is -2.32. The summed E-state index contributed by atoms with van der Waals surface area (Å²) >= 11 is 0. The third-order valence-corrected chi connectivity index (χ3v) is 3.65. The van der Waals surface area contributed by atoms with Gasteiger partial charge >= 0.3 is 5.69 Å². The minimum atomic E-state index is -0.708. The summed E-state index contributed by atoms with van der Waals surface area (Å²) in [5.74, 6) is 0.0444. The minimum Gasteiger partial charge on any atom is -0.494 e. The highest BCUT2D eigenvalue weighted by Gasteiger charge is 2.16. The molecule has 2 aromatic rings. The van der Waals surface area contributed by atoms with Gasteiger partial charge in [-0.25, -0.2) is 4.79 Å². The number of rotatable bonds is 5. The number of aromatic amines is 1. The molecule has 1 aliphatic heterocycles. The lowest BCUT2D eigenvalue weighted by atomic mass is 10.2. The molecule has 2 N–H and O–H groups in total. The molecule has 0 aromatic carbocycles. The van der Waals surface area contributed by atoms with Crippen LogP contribution in [0, 0.1) is 0 Å². The van der Waals surface area contributed by atoms with E-state index in [0.29, 0.717) is 12.3 Å². The fourth-order valence-electron chi connectivity index (χ4n) is 2.45. The molecule has 3 heterocycles. The van der Waals surface area contributed by atoms with Crippen molar-refractivity contribution in [1.29, 1.82) is 0 Å². The second-order valence-electron chi connectivity index (χ2n) is 5.29. The van der Waals surface area contributed by atoms with Crippen LogP contribution >= 0.6 is 0 Å². The van der Waals surface area contributed by atoms with Crippen LogP contribution in [0.4, 0.5) is 0 Å². The summed E-state index contributed by atoms with van der Waals surface area (Å²) in [4.78, 5) is 30.0. The number of aromatic nitrogens is 2. The largest absolute Gasteiger partial charge is 0.494 e. The zero-order chi connectivity index (χ0) is 16.2. The molecular formula is C15H17N3O5. The van der Waals surface area contributed by atoms with E-state index in [1.165, 1.54) is 12.5 Å². The average Bonchev–Trinajstić information content (AvgIpc) is 3.20. The number of nitrogens with zero attached hydrogens (tertiary/aromatic N) is 2. The maximum absolute atomic E-state index is 11.9. The maximum Gasteiger partial charge on any atom is 0.331 e. The van der Waals surface area contributed by atoms with Crippen LogP contribution in [0.15, 0.2) is 37.4 Å². The van der Waals surface area contributed by atoms with E-state index in [4.69, 9.17) is 9.15 Å². The van der Waals surface area contributed by atoms with Crippen LogP contribution in [-0.4, -0.2) is 40.1 Å². The lowest BCUT2D eigenvalue weighted by Gasteiger charge is -2.08. The summed E-state index contributed by atoms with van der Waals surface area (Å²) < 4.78 is 11.6. The van der Waals surface area contributed by atoms with Crippen molar-refractivity contribution in [2.75, 3.05) is 13.2 Å². The van der Waals surface area contributed by atoms with E-state index < -0.39 is 17.1 Å². The summed E-state index contributed by atoms with van der Waals surface area (Å²) in [7, 11) is 0. The van der Waals surface area contributed by atoms with Crippen LogP contribution in [0.1, 0.15) is 24.2 Å². The van der Waals surface area contributed by atoms with Crippen LogP contribution in [0.3, 0.4) is 0 Å². The van der Waals surface area contributed by atoms with Crippen molar-refractivity contribution in [3.8, 4) is 5.88 Å². The summed E-state index contributed by atoms with van der Waals surface area (Å²) in [6.07, 6.45) is 4.71. The van der Waals surface area contributed by atoms with Gasteiger partial charge < -0.3 is 14.3 Å². The van der Waals surface area contributed by atoms with E-state index in [-0.39, 0.29) is 18.2 Å². The molecule has 1 fully saturated rings. The Morgan fingerprint density at radius 3 is 3.04 bits per heavy atom. The molecule has 3 rings (SSSR count). The Labute approximate surface area is 131 Å². The highest BCUT2D eigenvalue weighted by molar-refractivity contribution is 5.81. The Morgan fingerprint density at radius 1 is 1.48 bits per heavy atom. The van der Waals surface area contributed by atoms with Crippen LogP contribution in [-0.2, 0) is 11.3 Å². The van der Waals surface area contributed by atoms with Crippen molar-refractivity contribution in [1.82, 2.24) is 9.55 Å². The topological polar surface area (TPSA) is 110 Å². The zero-order valence-corrected chi connectivity index (χ0v) is 12.4. The molecule has 0 bridgehead atoms. The standard InChI is InChI=1S/C15H17N3O5/c19-13-12(8-16-7-10-3-1-5-22-10)14(20)18(15(21)17-13)9-11-4-2-6-23-11/h2,4,6,8,10,20H,1,3,5,7,9H2,(H,17,19,21)/t10-/m1/s1. The average molecular weight is 319 g/mol. The third kappa shape index (κ3) is 3.42. The van der Waals surface area contributed by atoms with Crippen molar-refractivity contribution in [2.45, 2.75) is 25.5 Å². The smallest absolute Gasteiger partial charge is 0.331 e. The first kappa shape index (κ1) is 15.3. The van der Waals surface area contributed by atoms with Crippen molar-refractivity contribution < 1.29 is 14.3 Å². The van der Waals surface area contributed by atoms with Gasteiger partial charge in [-0.3, -0.25) is 19.3 Å². The van der Waals surface area contributed by atoms with Gasteiger partial charge in [-0.15, -0.1) is 0 Å². The molecule has 1 atom stereocenters. The molecule has 1 saturated heterocycles. The molecule has 8 heteroatoms. The second kappa shape index (κ2) is 6.66. The van der Waals surface area contributed by atoms with E-state index in [1.807, 2.05) is 0 Å². The number of hydrogen-bond acceptors (Lipinski definition) is 6. The summed E-state index contributed by atoms with van der Waals surface area (Å²) in [6, 6.07) is 3.34. The molecule has 0 unspecified atom stereocenters. The molecule has 1 aliphatic rings. The van der Waals surface area contributed by atoms with Gasteiger partial charge in [0.2, 0.25) is 5.88 Å². The van der Waals surface area contributed by atoms with Crippen LogP contribution in [0.2, 0.25) is 0 Å². The quantitative estimate of drug-likeness (QED) is 0.779. The van der Waals surface area contributed by atoms with Crippen molar-refractivity contribution in [2.24, 2.45) is 4.99 Å². The number of nitrogens with one attached hydrogen (secondary N) is 1. The van der Waals surface area contributed by atoms with Gasteiger partial charge in [-0.2, -0.15) is 0 Å². The van der Waals surface area contributed by atoms with Gasteiger partial charge in [0.1, 0.15) is 11.3 Å². The van der Waals surface area contributed by atoms with E-state index >= 15 is 0 Å². The van der Waals surface area contributed by atoms with E-state index in [0.717, 1.165) is 24.0 Å². The number of ether oxygens (including phenoxy) is 1. The Morgan fingerprint density at radius 2 is 2.35 bits per heavy atom. The predicted octanol–water partition coefficient (Wildman–Crippen LogP) is 0.481. The molecule has 0 saturated carbocycles. The number of aromatic hydroxyl groups is 1. The first-order chi connectivity index (χ1) is 11.1. The van der Waals surface area contributed by atoms with Gasteiger partial charge in [-0.05, 0) is 25.0 Å². The summed E-state index contributed by atoms with van der Waals surface area (Å²) in [5.41, 5.74) is -1.45. The predicted molar refractivity (Wildman–Crippen MR) is 82.2 cm³/mol. The van der Waals surface area contributed by atoms with Gasteiger partial charge in [0.05, 0.1) is 25.5 Å². The Bertz CT molecular complexity index is 798. The normalized spacial score (nSPS) is 18.0. The second-order valence-corrected chi connectivity index (χ2v) is 5.29. The molecule has 0 amide bonds. The molecule has 122 valence electrons. The Kier molecular flexibility index (Phi) is 4.42. The summed E-state index contributed by atoms with van der Waals surface area (Å²) in [6.45, 7) is 1.15. The third-order valence-electron chi connectivity index (χ3n) is 3.65. The monoisotopic (exact) mass is 319 g/mol. The molecule has 0 aliphatic carbocycles. The number of furan rings is 1. The SMILES string of the molecule is O=c1[nH]c(=O)n(Cc2ccco2)c(O)c1C=NC[C@H]1CCCO1. The van der Waals surface area contributed by atoms with Gasteiger partial charge in [-0.1, -0.05) is 0 Å². The molecule has 8 nitrogen and oxygen atoms in total. The van der Waals surface area contributed by atoms with Crippen LogP contribution in [0.25, 0.3) is 0 Å². The first-order valence-corrected chi connectivity index (χ1v) is 7.35.